The lowest BCUT2D eigenvalue weighted by molar-refractivity contribution is -0.145. The van der Waals surface area contributed by atoms with Gasteiger partial charge < -0.3 is 15.2 Å². The summed E-state index contributed by atoms with van der Waals surface area (Å²) in [6, 6.07) is -1.05. The Morgan fingerprint density at radius 3 is 2.71 bits per heavy atom. The van der Waals surface area contributed by atoms with Gasteiger partial charge in [0.05, 0.1) is 6.61 Å². The van der Waals surface area contributed by atoms with Crippen LogP contribution in [-0.4, -0.2) is 35.6 Å². The van der Waals surface area contributed by atoms with Gasteiger partial charge in [0.15, 0.2) is 0 Å². The van der Waals surface area contributed by atoms with Gasteiger partial charge >= 0.3 is 11.9 Å². The summed E-state index contributed by atoms with van der Waals surface area (Å²) in [6.45, 7) is 1.95. The Labute approximate surface area is 124 Å². The molecule has 0 unspecified atom stereocenters. The number of allylic oxidation sites excluding steroid dienone is 1. The highest BCUT2D eigenvalue weighted by Crippen LogP contribution is 2.19. The predicted molar refractivity (Wildman–Crippen MR) is 76.6 cm³/mol. The number of carbonyl (C=O) groups excluding carboxylic acids is 2. The molecule has 0 aromatic carbocycles. The average Bonchev–Trinajstić information content (AvgIpc) is 2.44. The van der Waals surface area contributed by atoms with Crippen LogP contribution in [0.4, 0.5) is 0 Å². The fourth-order valence-electron chi connectivity index (χ4n) is 2.27. The number of carbonyl (C=O) groups is 3. The second-order valence-electron chi connectivity index (χ2n) is 5.09. The van der Waals surface area contributed by atoms with Gasteiger partial charge in [-0.3, -0.25) is 9.59 Å². The lowest BCUT2D eigenvalue weighted by Gasteiger charge is -2.16. The molecule has 1 amide bonds. The maximum absolute atomic E-state index is 11.9. The number of amides is 1. The van der Waals surface area contributed by atoms with E-state index in [1.807, 2.05) is 0 Å². The van der Waals surface area contributed by atoms with Crippen LogP contribution >= 0.6 is 0 Å². The largest absolute Gasteiger partial charge is 0.480 e. The first kappa shape index (κ1) is 17.2. The molecule has 118 valence electrons. The summed E-state index contributed by atoms with van der Waals surface area (Å²) in [5, 5.41) is 11.6. The summed E-state index contributed by atoms with van der Waals surface area (Å²) >= 11 is 0. The molecule has 0 heterocycles. The summed E-state index contributed by atoms with van der Waals surface area (Å²) in [7, 11) is 0. The SMILES string of the molecule is CCOC(=O)CC[C@H](NC(=O)CC1=CCCCC1)C(=O)O. The van der Waals surface area contributed by atoms with Crippen molar-refractivity contribution in [2.24, 2.45) is 0 Å². The van der Waals surface area contributed by atoms with Gasteiger partial charge in [-0.25, -0.2) is 4.79 Å². The third kappa shape index (κ3) is 6.92. The summed E-state index contributed by atoms with van der Waals surface area (Å²) in [6.07, 6.45) is 6.40. The van der Waals surface area contributed by atoms with E-state index in [0.29, 0.717) is 0 Å². The molecule has 0 aromatic heterocycles. The van der Waals surface area contributed by atoms with Gasteiger partial charge in [0.2, 0.25) is 5.91 Å². The van der Waals surface area contributed by atoms with Crippen molar-refractivity contribution in [3.05, 3.63) is 11.6 Å². The molecule has 0 saturated heterocycles. The first-order valence-electron chi connectivity index (χ1n) is 7.38. The van der Waals surface area contributed by atoms with E-state index < -0.39 is 18.0 Å². The third-order valence-corrected chi connectivity index (χ3v) is 3.35. The fourth-order valence-corrected chi connectivity index (χ4v) is 2.27. The minimum absolute atomic E-state index is 0.0201. The van der Waals surface area contributed by atoms with Crippen molar-refractivity contribution < 1.29 is 24.2 Å². The van der Waals surface area contributed by atoms with Gasteiger partial charge in [-0.2, -0.15) is 0 Å². The molecule has 1 aliphatic rings. The Morgan fingerprint density at radius 1 is 1.38 bits per heavy atom. The second-order valence-corrected chi connectivity index (χ2v) is 5.09. The second kappa shape index (κ2) is 9.15. The Morgan fingerprint density at radius 2 is 2.14 bits per heavy atom. The quantitative estimate of drug-likeness (QED) is 0.526. The maximum Gasteiger partial charge on any atom is 0.326 e. The number of carboxylic acid groups (broad SMARTS) is 1. The molecule has 1 rings (SSSR count). The van der Waals surface area contributed by atoms with E-state index in [2.05, 4.69) is 11.4 Å². The van der Waals surface area contributed by atoms with Crippen LogP contribution in [0.1, 0.15) is 51.9 Å². The minimum atomic E-state index is -1.13. The van der Waals surface area contributed by atoms with Gasteiger partial charge in [0.1, 0.15) is 6.04 Å². The number of rotatable bonds is 8. The molecule has 0 radical (unpaired) electrons. The van der Waals surface area contributed by atoms with Crippen LogP contribution in [0.2, 0.25) is 0 Å². The van der Waals surface area contributed by atoms with Gasteiger partial charge in [-0.05, 0) is 39.0 Å². The maximum atomic E-state index is 11.9. The normalized spacial score (nSPS) is 15.8. The van der Waals surface area contributed by atoms with Gasteiger partial charge in [-0.1, -0.05) is 11.6 Å². The van der Waals surface area contributed by atoms with Crippen molar-refractivity contribution in [1.29, 1.82) is 0 Å². The van der Waals surface area contributed by atoms with Gasteiger partial charge in [0.25, 0.3) is 0 Å². The van der Waals surface area contributed by atoms with Crippen molar-refractivity contribution >= 4 is 17.8 Å². The third-order valence-electron chi connectivity index (χ3n) is 3.35. The molecule has 0 fully saturated rings. The van der Waals surface area contributed by atoms with Gasteiger partial charge in [0, 0.05) is 12.8 Å². The zero-order valence-corrected chi connectivity index (χ0v) is 12.4. The Kier molecular flexibility index (Phi) is 7.50. The predicted octanol–water partition coefficient (Wildman–Crippen LogP) is 1.79. The highest BCUT2D eigenvalue weighted by Gasteiger charge is 2.21. The first-order chi connectivity index (χ1) is 10.0. The topological polar surface area (TPSA) is 92.7 Å². The van der Waals surface area contributed by atoms with E-state index in [-0.39, 0.29) is 31.8 Å². The van der Waals surface area contributed by atoms with Crippen LogP contribution in [0.15, 0.2) is 11.6 Å². The summed E-state index contributed by atoms with van der Waals surface area (Å²) in [5.41, 5.74) is 1.06. The van der Waals surface area contributed by atoms with Crippen molar-refractivity contribution in [3.8, 4) is 0 Å². The van der Waals surface area contributed by atoms with E-state index in [1.54, 1.807) is 6.92 Å². The number of aliphatic carboxylic acids is 1. The van der Waals surface area contributed by atoms with Crippen molar-refractivity contribution in [2.75, 3.05) is 6.61 Å². The van der Waals surface area contributed by atoms with E-state index in [4.69, 9.17) is 9.84 Å². The van der Waals surface area contributed by atoms with Crippen LogP contribution in [0.5, 0.6) is 0 Å². The van der Waals surface area contributed by atoms with E-state index in [1.165, 1.54) is 0 Å². The van der Waals surface area contributed by atoms with Crippen LogP contribution in [0.25, 0.3) is 0 Å². The smallest absolute Gasteiger partial charge is 0.326 e. The molecule has 0 spiro atoms. The van der Waals surface area contributed by atoms with Crippen LogP contribution in [-0.2, 0) is 19.1 Å². The number of nitrogens with one attached hydrogen (secondary N) is 1. The Bertz CT molecular complexity index is 416. The van der Waals surface area contributed by atoms with E-state index in [9.17, 15) is 14.4 Å². The van der Waals surface area contributed by atoms with Gasteiger partial charge in [-0.15, -0.1) is 0 Å². The number of esters is 1. The van der Waals surface area contributed by atoms with Crippen molar-refractivity contribution in [2.45, 2.75) is 57.9 Å². The molecule has 0 saturated carbocycles. The first-order valence-corrected chi connectivity index (χ1v) is 7.38. The summed E-state index contributed by atoms with van der Waals surface area (Å²) in [4.78, 5) is 34.2. The van der Waals surface area contributed by atoms with Crippen molar-refractivity contribution in [1.82, 2.24) is 5.32 Å². The zero-order valence-electron chi connectivity index (χ0n) is 12.4. The zero-order chi connectivity index (χ0) is 15.7. The Hall–Kier alpha value is -1.85. The number of hydrogen-bond acceptors (Lipinski definition) is 4. The molecular weight excluding hydrogens is 274 g/mol. The van der Waals surface area contributed by atoms with E-state index in [0.717, 1.165) is 31.3 Å². The highest BCUT2D eigenvalue weighted by atomic mass is 16.5. The molecule has 0 aromatic rings. The van der Waals surface area contributed by atoms with Crippen LogP contribution in [0.3, 0.4) is 0 Å². The molecule has 0 aliphatic heterocycles. The molecule has 1 aliphatic carbocycles. The Balaban J connectivity index is 2.42. The number of hydrogen-bond donors (Lipinski definition) is 2. The molecule has 21 heavy (non-hydrogen) atoms. The molecule has 1 atom stereocenters. The lowest BCUT2D eigenvalue weighted by Crippen LogP contribution is -2.41. The number of carboxylic acids is 1. The molecule has 2 N–H and O–H groups in total. The van der Waals surface area contributed by atoms with Crippen molar-refractivity contribution in [3.63, 3.8) is 0 Å². The fraction of sp³-hybridized carbons (Fsp3) is 0.667. The summed E-state index contributed by atoms with van der Waals surface area (Å²) in [5.74, 6) is -1.89. The average molecular weight is 297 g/mol. The van der Waals surface area contributed by atoms with Crippen LogP contribution in [0, 0.1) is 0 Å². The molecule has 6 heteroatoms. The molecule has 6 nitrogen and oxygen atoms in total. The lowest BCUT2D eigenvalue weighted by atomic mass is 9.97. The number of ether oxygens (including phenoxy) is 1. The van der Waals surface area contributed by atoms with E-state index >= 15 is 0 Å². The minimum Gasteiger partial charge on any atom is -0.480 e. The summed E-state index contributed by atoms with van der Waals surface area (Å²) < 4.78 is 4.74. The molecular formula is C15H23NO5. The standard InChI is InChI=1S/C15H23NO5/c1-2-21-14(18)9-8-12(15(19)20)16-13(17)10-11-6-4-3-5-7-11/h6,12H,2-5,7-10H2,1H3,(H,16,17)(H,19,20)/t12-/m0/s1. The van der Waals surface area contributed by atoms with Crippen LogP contribution < -0.4 is 5.32 Å². The monoisotopic (exact) mass is 297 g/mol. The molecule has 0 bridgehead atoms. The highest BCUT2D eigenvalue weighted by molar-refractivity contribution is 5.85.